The van der Waals surface area contributed by atoms with E-state index in [1.54, 1.807) is 29.2 Å². The van der Waals surface area contributed by atoms with Gasteiger partial charge in [0.05, 0.1) is 11.5 Å². The first-order valence-corrected chi connectivity index (χ1v) is 15.3. The third-order valence-corrected chi connectivity index (χ3v) is 8.94. The Hall–Kier alpha value is -5.11. The number of hydrogen-bond acceptors (Lipinski definition) is 4. The standard InChI is InChI=1S/C37H37N3O5/c1-36(2,34(42)43)45-31-19-17-30(18-20-31)40-32(28-15-13-27(14-16-28)25-26-9-5-3-6-10-26)37(33(40)41)21-23-39(24-22-37)35(44)38-29-11-7-4-8-12-29/h3-20,32H,21-25H2,1-2H3,(H,38,44)(H,42,43). The maximum atomic E-state index is 14.1. The number of aliphatic carboxylic acids is 1. The van der Waals surface area contributed by atoms with Crippen LogP contribution in [-0.4, -0.2) is 46.6 Å². The fourth-order valence-corrected chi connectivity index (χ4v) is 6.37. The van der Waals surface area contributed by atoms with Crippen molar-refractivity contribution in [2.45, 2.75) is 44.8 Å². The van der Waals surface area contributed by atoms with E-state index in [2.05, 4.69) is 41.7 Å². The molecule has 230 valence electrons. The first-order valence-electron chi connectivity index (χ1n) is 15.3. The molecule has 4 aromatic carbocycles. The number of piperidine rings is 1. The number of β-lactam (4-membered cyclic amide) rings is 1. The molecule has 0 bridgehead atoms. The number of nitrogens with zero attached hydrogens (tertiary/aromatic N) is 2. The van der Waals surface area contributed by atoms with E-state index >= 15 is 0 Å². The summed E-state index contributed by atoms with van der Waals surface area (Å²) >= 11 is 0. The second-order valence-corrected chi connectivity index (χ2v) is 12.3. The molecule has 6 rings (SSSR count). The molecule has 0 aliphatic carbocycles. The van der Waals surface area contributed by atoms with Gasteiger partial charge in [-0.05, 0) is 86.2 Å². The van der Waals surface area contributed by atoms with Crippen molar-refractivity contribution >= 4 is 29.3 Å². The quantitative estimate of drug-likeness (QED) is 0.213. The van der Waals surface area contributed by atoms with E-state index in [0.29, 0.717) is 37.4 Å². The van der Waals surface area contributed by atoms with Crippen LogP contribution in [0.2, 0.25) is 0 Å². The Kier molecular flexibility index (Phi) is 8.06. The predicted molar refractivity (Wildman–Crippen MR) is 173 cm³/mol. The van der Waals surface area contributed by atoms with Crippen LogP contribution in [0.15, 0.2) is 109 Å². The molecule has 0 aromatic heterocycles. The molecule has 2 saturated heterocycles. The van der Waals surface area contributed by atoms with Gasteiger partial charge in [0.2, 0.25) is 5.91 Å². The van der Waals surface area contributed by atoms with Crippen LogP contribution < -0.4 is 15.0 Å². The lowest BCUT2D eigenvalue weighted by Gasteiger charge is -2.59. The van der Waals surface area contributed by atoms with Crippen molar-refractivity contribution in [2.24, 2.45) is 5.41 Å². The van der Waals surface area contributed by atoms with Gasteiger partial charge in [-0.2, -0.15) is 0 Å². The molecule has 8 nitrogen and oxygen atoms in total. The number of benzene rings is 4. The second kappa shape index (κ2) is 12.1. The zero-order chi connectivity index (χ0) is 31.6. The number of carbonyl (C=O) groups is 3. The maximum absolute atomic E-state index is 14.1. The zero-order valence-electron chi connectivity index (χ0n) is 25.5. The lowest BCUT2D eigenvalue weighted by atomic mass is 9.62. The minimum absolute atomic E-state index is 0.0310. The van der Waals surface area contributed by atoms with E-state index in [4.69, 9.17) is 4.74 Å². The average Bonchev–Trinajstić information content (AvgIpc) is 3.05. The van der Waals surface area contributed by atoms with E-state index in [1.165, 1.54) is 25.0 Å². The summed E-state index contributed by atoms with van der Waals surface area (Å²) in [4.78, 5) is 42.3. The van der Waals surface area contributed by atoms with Crippen molar-refractivity contribution in [2.75, 3.05) is 23.3 Å². The molecule has 2 aliphatic heterocycles. The Balaban J connectivity index is 1.24. The zero-order valence-corrected chi connectivity index (χ0v) is 25.5. The lowest BCUT2D eigenvalue weighted by molar-refractivity contribution is -0.152. The van der Waals surface area contributed by atoms with Crippen LogP contribution in [0.1, 0.15) is 49.4 Å². The summed E-state index contributed by atoms with van der Waals surface area (Å²) in [6, 6.07) is 34.8. The van der Waals surface area contributed by atoms with Gasteiger partial charge in [0, 0.05) is 24.5 Å². The first-order chi connectivity index (χ1) is 21.7. The van der Waals surface area contributed by atoms with Crippen molar-refractivity contribution in [3.05, 3.63) is 126 Å². The number of likely N-dealkylation sites (tertiary alicyclic amines) is 1. The van der Waals surface area contributed by atoms with Gasteiger partial charge in [0.25, 0.3) is 0 Å². The molecule has 2 N–H and O–H groups in total. The molecule has 2 fully saturated rings. The SMILES string of the molecule is CC(C)(Oc1ccc(N2C(=O)C3(CCN(C(=O)Nc4ccccc4)CC3)C2c2ccc(Cc3ccccc3)cc2)cc1)C(=O)O. The fourth-order valence-electron chi connectivity index (χ4n) is 6.37. The van der Waals surface area contributed by atoms with E-state index < -0.39 is 17.0 Å². The van der Waals surface area contributed by atoms with E-state index in [-0.39, 0.29) is 18.0 Å². The number of anilines is 2. The van der Waals surface area contributed by atoms with Crippen LogP contribution in [0, 0.1) is 5.41 Å². The van der Waals surface area contributed by atoms with Crippen molar-refractivity contribution < 1.29 is 24.2 Å². The summed E-state index contributed by atoms with van der Waals surface area (Å²) < 4.78 is 5.69. The summed E-state index contributed by atoms with van der Waals surface area (Å²) in [5.41, 5.74) is 2.90. The molecule has 0 radical (unpaired) electrons. The first kappa shape index (κ1) is 29.9. The van der Waals surface area contributed by atoms with Crippen molar-refractivity contribution in [1.29, 1.82) is 0 Å². The van der Waals surface area contributed by atoms with E-state index in [9.17, 15) is 19.5 Å². The van der Waals surface area contributed by atoms with Crippen molar-refractivity contribution in [3.8, 4) is 5.75 Å². The number of rotatable bonds is 8. The Morgan fingerprint density at radius 1 is 0.844 bits per heavy atom. The Labute approximate surface area is 263 Å². The smallest absolute Gasteiger partial charge is 0.347 e. The number of amides is 3. The monoisotopic (exact) mass is 603 g/mol. The van der Waals surface area contributed by atoms with Gasteiger partial charge in [-0.1, -0.05) is 72.8 Å². The number of ether oxygens (including phenoxy) is 1. The van der Waals surface area contributed by atoms with Crippen LogP contribution in [0.3, 0.4) is 0 Å². The predicted octanol–water partition coefficient (Wildman–Crippen LogP) is 6.92. The molecule has 0 saturated carbocycles. The number of nitrogens with one attached hydrogen (secondary N) is 1. The summed E-state index contributed by atoms with van der Waals surface area (Å²) in [5, 5.41) is 12.4. The van der Waals surface area contributed by atoms with Crippen molar-refractivity contribution in [3.63, 3.8) is 0 Å². The normalized spacial score (nSPS) is 17.5. The second-order valence-electron chi connectivity index (χ2n) is 12.3. The average molecular weight is 604 g/mol. The molecular weight excluding hydrogens is 566 g/mol. The lowest BCUT2D eigenvalue weighted by Crippen LogP contribution is -2.67. The summed E-state index contributed by atoms with van der Waals surface area (Å²) in [5.74, 6) is -0.622. The van der Waals surface area contributed by atoms with Gasteiger partial charge in [-0.25, -0.2) is 9.59 Å². The largest absolute Gasteiger partial charge is 0.478 e. The van der Waals surface area contributed by atoms with E-state index in [1.807, 2.05) is 53.4 Å². The van der Waals surface area contributed by atoms with Gasteiger partial charge in [-0.15, -0.1) is 0 Å². The van der Waals surface area contributed by atoms with Gasteiger partial charge in [-0.3, -0.25) is 4.79 Å². The maximum Gasteiger partial charge on any atom is 0.347 e. The Morgan fingerprint density at radius 2 is 1.42 bits per heavy atom. The number of carboxylic acid groups (broad SMARTS) is 1. The minimum atomic E-state index is -1.39. The molecule has 4 aromatic rings. The number of carboxylic acids is 1. The molecule has 2 aliphatic rings. The highest BCUT2D eigenvalue weighted by Gasteiger charge is 2.62. The van der Waals surface area contributed by atoms with Gasteiger partial charge < -0.3 is 25.0 Å². The molecule has 3 amide bonds. The number of carbonyl (C=O) groups excluding carboxylic acids is 2. The number of urea groups is 1. The Morgan fingerprint density at radius 3 is 2.02 bits per heavy atom. The highest BCUT2D eigenvalue weighted by molar-refractivity contribution is 6.06. The number of para-hydroxylation sites is 1. The highest BCUT2D eigenvalue weighted by Crippen LogP contribution is 2.57. The third-order valence-electron chi connectivity index (χ3n) is 8.94. The minimum Gasteiger partial charge on any atom is -0.478 e. The van der Waals surface area contributed by atoms with Crippen LogP contribution in [0.25, 0.3) is 0 Å². The topological polar surface area (TPSA) is 99.2 Å². The number of hydrogen-bond donors (Lipinski definition) is 2. The molecular formula is C37H37N3O5. The van der Waals surface area contributed by atoms with Gasteiger partial charge in [0.1, 0.15) is 5.75 Å². The molecule has 8 heteroatoms. The Bertz CT molecular complexity index is 1660. The molecule has 45 heavy (non-hydrogen) atoms. The summed E-state index contributed by atoms with van der Waals surface area (Å²) in [6.07, 6.45) is 1.92. The van der Waals surface area contributed by atoms with Crippen LogP contribution >= 0.6 is 0 Å². The summed E-state index contributed by atoms with van der Waals surface area (Å²) in [7, 11) is 0. The molecule has 2 heterocycles. The summed E-state index contributed by atoms with van der Waals surface area (Å²) in [6.45, 7) is 3.93. The molecule has 1 atom stereocenters. The highest BCUT2D eigenvalue weighted by atomic mass is 16.5. The van der Waals surface area contributed by atoms with Crippen LogP contribution in [-0.2, 0) is 16.0 Å². The van der Waals surface area contributed by atoms with Crippen molar-refractivity contribution in [1.82, 2.24) is 4.90 Å². The molecule has 1 unspecified atom stereocenters. The van der Waals surface area contributed by atoms with Crippen LogP contribution in [0.5, 0.6) is 5.75 Å². The third kappa shape index (κ3) is 6.00. The molecule has 1 spiro atoms. The fraction of sp³-hybridized carbons (Fsp3) is 0.270. The van der Waals surface area contributed by atoms with Gasteiger partial charge >= 0.3 is 12.0 Å². The van der Waals surface area contributed by atoms with Crippen LogP contribution in [0.4, 0.5) is 16.2 Å². The van der Waals surface area contributed by atoms with E-state index in [0.717, 1.165) is 17.7 Å². The van der Waals surface area contributed by atoms with Gasteiger partial charge in [0.15, 0.2) is 5.60 Å².